The predicted octanol–water partition coefficient (Wildman–Crippen LogP) is 1.27. The molecule has 0 spiro atoms. The Balaban J connectivity index is 1.74. The maximum absolute atomic E-state index is 12.0. The monoisotopic (exact) mass is 257 g/mol. The summed E-state index contributed by atoms with van der Waals surface area (Å²) in [6.45, 7) is 0.278. The average molecular weight is 257 g/mol. The van der Waals surface area contributed by atoms with Crippen LogP contribution in [0.1, 0.15) is 29.8 Å². The summed E-state index contributed by atoms with van der Waals surface area (Å²) in [5.41, 5.74) is 1.01. The number of carbonyl (C=O) groups is 1. The van der Waals surface area contributed by atoms with Gasteiger partial charge in [-0.25, -0.2) is 4.98 Å². The van der Waals surface area contributed by atoms with Crippen molar-refractivity contribution in [2.24, 2.45) is 0 Å². The van der Waals surface area contributed by atoms with E-state index in [9.17, 15) is 9.90 Å². The van der Waals surface area contributed by atoms with Gasteiger partial charge in [-0.3, -0.25) is 9.78 Å². The van der Waals surface area contributed by atoms with E-state index in [2.05, 4.69) is 15.3 Å². The first-order chi connectivity index (χ1) is 9.16. The highest BCUT2D eigenvalue weighted by atomic mass is 16.3. The van der Waals surface area contributed by atoms with Crippen LogP contribution in [0.5, 0.6) is 0 Å². The van der Waals surface area contributed by atoms with Gasteiger partial charge >= 0.3 is 0 Å². The van der Waals surface area contributed by atoms with E-state index in [4.69, 9.17) is 0 Å². The first-order valence-electron chi connectivity index (χ1n) is 6.39. The number of aromatic nitrogens is 2. The molecule has 1 aromatic heterocycles. The third kappa shape index (κ3) is 2.42. The summed E-state index contributed by atoms with van der Waals surface area (Å²) in [5.74, 6) is -0.293. The Hall–Kier alpha value is -2.01. The van der Waals surface area contributed by atoms with Gasteiger partial charge in [0.2, 0.25) is 0 Å². The standard InChI is InChI=1S/C14H15N3O2/c18-13(16-9-14(19)6-3-7-14)12-8-15-10-4-1-2-5-11(10)17-12/h1-2,4-5,8,19H,3,6-7,9H2,(H,16,18). The molecular formula is C14H15N3O2. The van der Waals surface area contributed by atoms with Gasteiger partial charge in [0.05, 0.1) is 22.8 Å². The van der Waals surface area contributed by atoms with Gasteiger partial charge in [-0.2, -0.15) is 0 Å². The molecule has 1 heterocycles. The van der Waals surface area contributed by atoms with Gasteiger partial charge in [0.25, 0.3) is 5.91 Å². The second-order valence-corrected chi connectivity index (χ2v) is 5.00. The number of para-hydroxylation sites is 2. The Morgan fingerprint density at radius 1 is 1.32 bits per heavy atom. The topological polar surface area (TPSA) is 75.1 Å². The maximum atomic E-state index is 12.0. The van der Waals surface area contributed by atoms with Gasteiger partial charge in [-0.1, -0.05) is 12.1 Å². The van der Waals surface area contributed by atoms with Gasteiger partial charge in [-0.15, -0.1) is 0 Å². The molecule has 1 saturated carbocycles. The molecule has 0 atom stereocenters. The number of nitrogens with zero attached hydrogens (tertiary/aromatic N) is 2. The number of amides is 1. The minimum absolute atomic E-state index is 0.278. The van der Waals surface area contributed by atoms with Crippen molar-refractivity contribution < 1.29 is 9.90 Å². The molecule has 1 aliphatic carbocycles. The van der Waals surface area contributed by atoms with Crippen LogP contribution in [0.4, 0.5) is 0 Å². The van der Waals surface area contributed by atoms with Crippen LogP contribution in [0.2, 0.25) is 0 Å². The molecule has 19 heavy (non-hydrogen) atoms. The maximum Gasteiger partial charge on any atom is 0.271 e. The van der Waals surface area contributed by atoms with Crippen molar-refractivity contribution in [2.45, 2.75) is 24.9 Å². The molecule has 2 aromatic rings. The van der Waals surface area contributed by atoms with Crippen molar-refractivity contribution in [2.75, 3.05) is 6.54 Å². The van der Waals surface area contributed by atoms with E-state index < -0.39 is 5.60 Å². The van der Waals surface area contributed by atoms with Crippen molar-refractivity contribution in [3.8, 4) is 0 Å². The quantitative estimate of drug-likeness (QED) is 0.868. The van der Waals surface area contributed by atoms with Crippen LogP contribution in [0, 0.1) is 0 Å². The smallest absolute Gasteiger partial charge is 0.271 e. The predicted molar refractivity (Wildman–Crippen MR) is 70.7 cm³/mol. The second kappa shape index (κ2) is 4.59. The SMILES string of the molecule is O=C(NCC1(O)CCC1)c1cnc2ccccc2n1. The molecule has 1 aromatic carbocycles. The van der Waals surface area contributed by atoms with E-state index in [0.29, 0.717) is 5.52 Å². The van der Waals surface area contributed by atoms with Gasteiger partial charge in [0, 0.05) is 6.54 Å². The van der Waals surface area contributed by atoms with E-state index >= 15 is 0 Å². The first kappa shape index (κ1) is 12.0. The van der Waals surface area contributed by atoms with Crippen molar-refractivity contribution in [1.29, 1.82) is 0 Å². The Morgan fingerprint density at radius 3 is 2.74 bits per heavy atom. The molecule has 1 aliphatic rings. The van der Waals surface area contributed by atoms with Crippen LogP contribution >= 0.6 is 0 Å². The van der Waals surface area contributed by atoms with Crippen LogP contribution in [0.15, 0.2) is 30.5 Å². The lowest BCUT2D eigenvalue weighted by atomic mass is 9.80. The molecule has 1 fully saturated rings. The molecule has 98 valence electrons. The fraction of sp³-hybridized carbons (Fsp3) is 0.357. The number of nitrogens with one attached hydrogen (secondary N) is 1. The average Bonchev–Trinajstić information content (AvgIpc) is 2.42. The highest BCUT2D eigenvalue weighted by molar-refractivity contribution is 5.93. The summed E-state index contributed by atoms with van der Waals surface area (Å²) < 4.78 is 0. The minimum Gasteiger partial charge on any atom is -0.388 e. The van der Waals surface area contributed by atoms with Crippen LogP contribution < -0.4 is 5.32 Å². The lowest BCUT2D eigenvalue weighted by Gasteiger charge is -2.36. The molecule has 0 unspecified atom stereocenters. The molecule has 0 radical (unpaired) electrons. The lowest BCUT2D eigenvalue weighted by molar-refractivity contribution is -0.0300. The normalized spacial score (nSPS) is 16.9. The Kier molecular flexibility index (Phi) is 2.91. The molecular weight excluding hydrogens is 242 g/mol. The molecule has 5 nitrogen and oxygen atoms in total. The summed E-state index contributed by atoms with van der Waals surface area (Å²) in [4.78, 5) is 20.4. The molecule has 0 saturated heterocycles. The van der Waals surface area contributed by atoms with Crippen molar-refractivity contribution in [3.63, 3.8) is 0 Å². The van der Waals surface area contributed by atoms with Crippen LogP contribution in [0.25, 0.3) is 11.0 Å². The summed E-state index contributed by atoms with van der Waals surface area (Å²) in [6, 6.07) is 7.40. The molecule has 5 heteroatoms. The van der Waals surface area contributed by atoms with Gasteiger partial charge in [0.1, 0.15) is 5.69 Å². The number of hydrogen-bond acceptors (Lipinski definition) is 4. The van der Waals surface area contributed by atoms with Gasteiger partial charge in [0.15, 0.2) is 0 Å². The van der Waals surface area contributed by atoms with Gasteiger partial charge in [-0.05, 0) is 31.4 Å². The minimum atomic E-state index is -0.722. The summed E-state index contributed by atoms with van der Waals surface area (Å²) >= 11 is 0. The molecule has 0 bridgehead atoms. The van der Waals surface area contributed by atoms with Crippen molar-refractivity contribution in [1.82, 2.24) is 15.3 Å². The van der Waals surface area contributed by atoms with Crippen LogP contribution in [0.3, 0.4) is 0 Å². The third-order valence-corrected chi connectivity index (χ3v) is 3.54. The van der Waals surface area contributed by atoms with Crippen molar-refractivity contribution in [3.05, 3.63) is 36.2 Å². The Labute approximate surface area is 110 Å². The number of rotatable bonds is 3. The lowest BCUT2D eigenvalue weighted by Crippen LogP contribution is -2.47. The number of aliphatic hydroxyl groups is 1. The zero-order chi connectivity index (χ0) is 13.3. The number of hydrogen-bond donors (Lipinski definition) is 2. The van der Waals surface area contributed by atoms with Crippen LogP contribution in [-0.2, 0) is 0 Å². The fourth-order valence-electron chi connectivity index (χ4n) is 2.16. The summed E-state index contributed by atoms with van der Waals surface area (Å²) in [5, 5.41) is 12.6. The van der Waals surface area contributed by atoms with Crippen LogP contribution in [-0.4, -0.2) is 33.1 Å². The number of fused-ring (bicyclic) bond motifs is 1. The highest BCUT2D eigenvalue weighted by Gasteiger charge is 2.34. The first-order valence-corrected chi connectivity index (χ1v) is 6.39. The molecule has 0 aliphatic heterocycles. The zero-order valence-electron chi connectivity index (χ0n) is 10.5. The van der Waals surface area contributed by atoms with E-state index in [0.717, 1.165) is 24.8 Å². The van der Waals surface area contributed by atoms with E-state index in [1.807, 2.05) is 24.3 Å². The van der Waals surface area contributed by atoms with E-state index in [1.165, 1.54) is 6.20 Å². The van der Waals surface area contributed by atoms with Crippen molar-refractivity contribution >= 4 is 16.9 Å². The fourth-order valence-corrected chi connectivity index (χ4v) is 2.16. The molecule has 3 rings (SSSR count). The summed E-state index contributed by atoms with van der Waals surface area (Å²) in [6.07, 6.45) is 3.97. The Bertz CT molecular complexity index is 623. The zero-order valence-corrected chi connectivity index (χ0v) is 10.5. The van der Waals surface area contributed by atoms with E-state index in [1.54, 1.807) is 0 Å². The highest BCUT2D eigenvalue weighted by Crippen LogP contribution is 2.30. The molecule has 1 amide bonds. The van der Waals surface area contributed by atoms with E-state index in [-0.39, 0.29) is 18.1 Å². The second-order valence-electron chi connectivity index (χ2n) is 5.00. The van der Waals surface area contributed by atoms with Gasteiger partial charge < -0.3 is 10.4 Å². The summed E-state index contributed by atoms with van der Waals surface area (Å²) in [7, 11) is 0. The number of carbonyl (C=O) groups excluding carboxylic acids is 1. The third-order valence-electron chi connectivity index (χ3n) is 3.54. The Morgan fingerprint density at radius 2 is 2.05 bits per heavy atom. The largest absolute Gasteiger partial charge is 0.388 e. The molecule has 2 N–H and O–H groups in total. The number of benzene rings is 1.